The molecule has 1 aliphatic carbocycles. The molecule has 0 spiro atoms. The molecule has 1 aliphatic rings. The van der Waals surface area contributed by atoms with E-state index in [1.165, 1.54) is 0 Å². The number of hydrogen-bond acceptors (Lipinski definition) is 3. The fraction of sp³-hybridized carbons (Fsp3) is 0.364. The second kappa shape index (κ2) is 4.73. The van der Waals surface area contributed by atoms with Gasteiger partial charge in [-0.15, -0.1) is 0 Å². The van der Waals surface area contributed by atoms with Gasteiger partial charge in [-0.3, -0.25) is 4.79 Å². The summed E-state index contributed by atoms with van der Waals surface area (Å²) >= 11 is 5.67. The number of carbonyl (C=O) groups is 1. The predicted octanol–water partition coefficient (Wildman–Crippen LogP) is 1.62. The molecule has 5 nitrogen and oxygen atoms in total. The lowest BCUT2D eigenvalue weighted by atomic mass is 10.1. The third kappa shape index (κ3) is 2.88. The Balaban J connectivity index is 2.17. The third-order valence-corrected chi connectivity index (χ3v) is 4.98. The van der Waals surface area contributed by atoms with Crippen molar-refractivity contribution in [2.24, 2.45) is 5.41 Å². The first kappa shape index (κ1) is 14.2. The van der Waals surface area contributed by atoms with E-state index in [-0.39, 0.29) is 16.5 Å². The molecule has 0 aromatic heterocycles. The smallest absolute Gasteiger partial charge is 0.310 e. The van der Waals surface area contributed by atoms with Crippen molar-refractivity contribution >= 4 is 27.6 Å². The number of nitrogens with one attached hydrogen (secondary N) is 1. The lowest BCUT2D eigenvalue weighted by Crippen LogP contribution is -2.34. The molecule has 19 heavy (non-hydrogen) atoms. The molecule has 1 fully saturated rings. The number of benzene rings is 1. The number of hydrogen-bond donors (Lipinski definition) is 2. The normalized spacial score (nSPS) is 17.2. The molecular formula is C11H11ClFNO4S. The minimum atomic E-state index is -3.95. The molecule has 0 aliphatic heterocycles. The van der Waals surface area contributed by atoms with Gasteiger partial charge < -0.3 is 5.11 Å². The molecule has 0 amide bonds. The highest BCUT2D eigenvalue weighted by atomic mass is 35.5. The van der Waals surface area contributed by atoms with Gasteiger partial charge in [0.05, 0.1) is 10.4 Å². The van der Waals surface area contributed by atoms with Crippen LogP contribution in [0.1, 0.15) is 12.8 Å². The van der Waals surface area contributed by atoms with Crippen LogP contribution in [0.15, 0.2) is 23.1 Å². The Morgan fingerprint density at radius 3 is 2.58 bits per heavy atom. The number of aliphatic carboxylic acids is 1. The molecule has 1 aromatic carbocycles. The van der Waals surface area contributed by atoms with Crippen molar-refractivity contribution in [1.29, 1.82) is 0 Å². The van der Waals surface area contributed by atoms with Crippen molar-refractivity contribution in [1.82, 2.24) is 4.72 Å². The summed E-state index contributed by atoms with van der Waals surface area (Å²) in [6.45, 7) is -0.196. The van der Waals surface area contributed by atoms with E-state index in [1.54, 1.807) is 0 Å². The van der Waals surface area contributed by atoms with E-state index in [2.05, 4.69) is 4.72 Å². The minimum absolute atomic E-state index is 0.196. The summed E-state index contributed by atoms with van der Waals surface area (Å²) < 4.78 is 39.0. The lowest BCUT2D eigenvalue weighted by molar-refractivity contribution is -0.143. The van der Waals surface area contributed by atoms with E-state index in [1.807, 2.05) is 0 Å². The first-order chi connectivity index (χ1) is 8.77. The van der Waals surface area contributed by atoms with E-state index >= 15 is 0 Å². The molecule has 104 valence electrons. The fourth-order valence-electron chi connectivity index (χ4n) is 1.62. The number of halogens is 2. The van der Waals surface area contributed by atoms with Crippen molar-refractivity contribution in [2.45, 2.75) is 17.7 Å². The van der Waals surface area contributed by atoms with Crippen molar-refractivity contribution < 1.29 is 22.7 Å². The van der Waals surface area contributed by atoms with Crippen LogP contribution >= 0.6 is 11.6 Å². The SMILES string of the molecule is O=C(O)C1(CNS(=O)(=O)c2ccc(F)cc2Cl)CC1. The maximum Gasteiger partial charge on any atom is 0.310 e. The number of rotatable bonds is 5. The monoisotopic (exact) mass is 307 g/mol. The highest BCUT2D eigenvalue weighted by Gasteiger charge is 2.50. The molecular weight excluding hydrogens is 297 g/mol. The van der Waals surface area contributed by atoms with E-state index < -0.39 is 27.2 Å². The average Bonchev–Trinajstić information content (AvgIpc) is 3.07. The molecule has 0 atom stereocenters. The highest BCUT2D eigenvalue weighted by molar-refractivity contribution is 7.89. The zero-order valence-electron chi connectivity index (χ0n) is 9.69. The quantitative estimate of drug-likeness (QED) is 0.866. The van der Waals surface area contributed by atoms with Gasteiger partial charge in [0.25, 0.3) is 0 Å². The lowest BCUT2D eigenvalue weighted by Gasteiger charge is -2.12. The van der Waals surface area contributed by atoms with Gasteiger partial charge in [0.2, 0.25) is 10.0 Å². The molecule has 0 bridgehead atoms. The van der Waals surface area contributed by atoms with Crippen LogP contribution in [0.2, 0.25) is 5.02 Å². The summed E-state index contributed by atoms with van der Waals surface area (Å²) in [4.78, 5) is 10.7. The van der Waals surface area contributed by atoms with Crippen molar-refractivity contribution in [3.63, 3.8) is 0 Å². The van der Waals surface area contributed by atoms with Gasteiger partial charge in [-0.1, -0.05) is 11.6 Å². The summed E-state index contributed by atoms with van der Waals surface area (Å²) in [5, 5.41) is 8.71. The van der Waals surface area contributed by atoms with Crippen molar-refractivity contribution in [2.75, 3.05) is 6.54 Å². The number of carboxylic acids is 1. The maximum absolute atomic E-state index is 12.8. The van der Waals surface area contributed by atoms with Gasteiger partial charge in [0, 0.05) is 6.54 Å². The van der Waals surface area contributed by atoms with Crippen molar-refractivity contribution in [3.8, 4) is 0 Å². The third-order valence-electron chi connectivity index (χ3n) is 3.09. The zero-order chi connectivity index (χ0) is 14.3. The second-order valence-electron chi connectivity index (χ2n) is 4.48. The first-order valence-electron chi connectivity index (χ1n) is 5.45. The maximum atomic E-state index is 12.8. The summed E-state index contributed by atoms with van der Waals surface area (Å²) in [5.41, 5.74) is -1.01. The standard InChI is InChI=1S/C11H11ClFNO4S/c12-8-5-7(13)1-2-9(8)19(17,18)14-6-11(3-4-11)10(15)16/h1-2,5,14H,3-4,6H2,(H,15,16). The summed E-state index contributed by atoms with van der Waals surface area (Å²) in [7, 11) is -3.95. The molecule has 1 saturated carbocycles. The molecule has 0 saturated heterocycles. The topological polar surface area (TPSA) is 83.5 Å². The van der Waals surface area contributed by atoms with Crippen LogP contribution in [0, 0.1) is 11.2 Å². The Hall–Kier alpha value is -1.18. The summed E-state index contributed by atoms with van der Waals surface area (Å²) in [6, 6.07) is 2.91. The summed E-state index contributed by atoms with van der Waals surface area (Å²) in [5.74, 6) is -1.67. The Morgan fingerprint density at radius 1 is 1.47 bits per heavy atom. The fourth-order valence-corrected chi connectivity index (χ4v) is 3.28. The van der Waals surface area contributed by atoms with E-state index in [0.717, 1.165) is 18.2 Å². The second-order valence-corrected chi connectivity index (χ2v) is 6.63. The Labute approximate surface area is 114 Å². The van der Waals surface area contributed by atoms with Crippen LogP contribution in [-0.2, 0) is 14.8 Å². The van der Waals surface area contributed by atoms with Crippen LogP contribution in [0.5, 0.6) is 0 Å². The van der Waals surface area contributed by atoms with Crippen LogP contribution in [0.3, 0.4) is 0 Å². The van der Waals surface area contributed by atoms with Crippen LogP contribution in [0.4, 0.5) is 4.39 Å². The largest absolute Gasteiger partial charge is 0.481 e. The molecule has 0 heterocycles. The Morgan fingerprint density at radius 2 is 2.11 bits per heavy atom. The van der Waals surface area contributed by atoms with Crippen LogP contribution in [0.25, 0.3) is 0 Å². The van der Waals surface area contributed by atoms with Crippen LogP contribution < -0.4 is 4.72 Å². The minimum Gasteiger partial charge on any atom is -0.481 e. The molecule has 1 aromatic rings. The predicted molar refractivity (Wildman–Crippen MR) is 65.9 cm³/mol. The van der Waals surface area contributed by atoms with E-state index in [4.69, 9.17) is 16.7 Å². The molecule has 2 N–H and O–H groups in total. The zero-order valence-corrected chi connectivity index (χ0v) is 11.3. The van der Waals surface area contributed by atoms with E-state index in [9.17, 15) is 17.6 Å². The van der Waals surface area contributed by atoms with Gasteiger partial charge in [0.1, 0.15) is 10.7 Å². The van der Waals surface area contributed by atoms with Crippen molar-refractivity contribution in [3.05, 3.63) is 29.0 Å². The number of carboxylic acid groups (broad SMARTS) is 1. The van der Waals surface area contributed by atoms with Gasteiger partial charge in [0.15, 0.2) is 0 Å². The van der Waals surface area contributed by atoms with Gasteiger partial charge in [-0.05, 0) is 31.0 Å². The van der Waals surface area contributed by atoms with Gasteiger partial charge in [-0.2, -0.15) is 0 Å². The van der Waals surface area contributed by atoms with Crippen LogP contribution in [-0.4, -0.2) is 26.0 Å². The van der Waals surface area contributed by atoms with Gasteiger partial charge in [-0.25, -0.2) is 17.5 Å². The first-order valence-corrected chi connectivity index (χ1v) is 7.31. The molecule has 0 unspecified atom stereocenters. The number of sulfonamides is 1. The van der Waals surface area contributed by atoms with E-state index in [0.29, 0.717) is 12.8 Å². The Bertz CT molecular complexity index is 628. The Kier molecular flexibility index (Phi) is 3.55. The summed E-state index contributed by atoms with van der Waals surface area (Å²) in [6.07, 6.45) is 0.865. The average molecular weight is 308 g/mol. The van der Waals surface area contributed by atoms with Gasteiger partial charge >= 0.3 is 5.97 Å². The highest BCUT2D eigenvalue weighted by Crippen LogP contribution is 2.45. The molecule has 8 heteroatoms. The molecule has 2 rings (SSSR count). The molecule has 0 radical (unpaired) electrons.